The number of benzene rings is 2. The Morgan fingerprint density at radius 1 is 1.08 bits per heavy atom. The molecule has 2 amide bonds. The Bertz CT molecular complexity index is 1370. The van der Waals surface area contributed by atoms with Crippen molar-refractivity contribution in [3.8, 4) is 0 Å². The number of aliphatic hydroxyl groups is 3. The van der Waals surface area contributed by atoms with Gasteiger partial charge in [-0.3, -0.25) is 9.59 Å². The minimum Gasteiger partial charge on any atom is -0.394 e. The maximum atomic E-state index is 13.5. The summed E-state index contributed by atoms with van der Waals surface area (Å²) in [6.07, 6.45) is -3.83. The first-order valence-corrected chi connectivity index (χ1v) is 11.8. The van der Waals surface area contributed by atoms with Crippen LogP contribution in [0.2, 0.25) is 0 Å². The number of carbonyl (C=O) groups excluding carboxylic acids is 4. The van der Waals surface area contributed by atoms with Crippen LogP contribution < -0.4 is 10.6 Å². The van der Waals surface area contributed by atoms with E-state index in [4.69, 9.17) is 15.2 Å². The summed E-state index contributed by atoms with van der Waals surface area (Å²) in [5.74, 6) is -3.43. The zero-order valence-electron chi connectivity index (χ0n) is 20.4. The maximum absolute atomic E-state index is 13.5. The second-order valence-electron chi connectivity index (χ2n) is 8.73. The third-order valence-corrected chi connectivity index (χ3v) is 6.46. The maximum Gasteiger partial charge on any atom is 0.426 e. The average Bonchev–Trinajstić information content (AvgIpc) is 3.29. The number of primary amides is 1. The van der Waals surface area contributed by atoms with Crippen molar-refractivity contribution < 1.29 is 44.0 Å². The predicted molar refractivity (Wildman–Crippen MR) is 133 cm³/mol. The summed E-state index contributed by atoms with van der Waals surface area (Å²) in [6, 6.07) is 12.1. The highest BCUT2D eigenvalue weighted by molar-refractivity contribution is 6.09. The van der Waals surface area contributed by atoms with Crippen LogP contribution in [0.1, 0.15) is 27.6 Å². The zero-order valence-corrected chi connectivity index (χ0v) is 20.4. The Morgan fingerprint density at radius 3 is 2.42 bits per heavy atom. The van der Waals surface area contributed by atoms with E-state index in [0.29, 0.717) is 5.39 Å². The fourth-order valence-corrected chi connectivity index (χ4v) is 4.40. The Morgan fingerprint density at radius 2 is 1.79 bits per heavy atom. The number of hydrogen-bond acceptors (Lipinski definition) is 9. The number of ether oxygens (including phenoxy) is 2. The molecule has 0 aliphatic carbocycles. The van der Waals surface area contributed by atoms with E-state index >= 15 is 0 Å². The molecule has 12 heteroatoms. The number of aliphatic hydroxyl groups excluding tert-OH is 3. The molecule has 0 bridgehead atoms. The normalized spacial score (nSPS) is 21.2. The van der Waals surface area contributed by atoms with Crippen LogP contribution in [-0.2, 0) is 14.3 Å². The van der Waals surface area contributed by atoms with Crippen molar-refractivity contribution in [1.82, 2.24) is 4.57 Å². The Labute approximate surface area is 216 Å². The van der Waals surface area contributed by atoms with Gasteiger partial charge in [0.05, 0.1) is 42.0 Å². The second-order valence-corrected chi connectivity index (χ2v) is 8.73. The summed E-state index contributed by atoms with van der Waals surface area (Å²) in [6.45, 7) is 0.975. The first-order valence-electron chi connectivity index (χ1n) is 11.8. The summed E-state index contributed by atoms with van der Waals surface area (Å²) in [4.78, 5) is 52.1. The van der Waals surface area contributed by atoms with E-state index in [9.17, 15) is 34.5 Å². The van der Waals surface area contributed by atoms with Crippen LogP contribution in [0.25, 0.3) is 10.9 Å². The number of rotatable bonds is 6. The number of esters is 1. The third kappa shape index (κ3) is 5.02. The molecule has 2 heterocycles. The number of amides is 2. The Balaban J connectivity index is 1.73. The van der Waals surface area contributed by atoms with Gasteiger partial charge in [-0.2, -0.15) is 0 Å². The number of aromatic nitrogens is 1. The topological polar surface area (TPSA) is 182 Å². The minimum atomic E-state index is -1.51. The van der Waals surface area contributed by atoms with Gasteiger partial charge in [0.15, 0.2) is 0 Å². The number of hydrogen-bond donors (Lipinski definition) is 4. The first-order chi connectivity index (χ1) is 18.2. The highest BCUT2D eigenvalue weighted by Crippen LogP contribution is 2.33. The van der Waals surface area contributed by atoms with Crippen LogP contribution in [0.15, 0.2) is 54.7 Å². The molecule has 2 aromatic carbocycles. The van der Waals surface area contributed by atoms with Crippen molar-refractivity contribution in [1.29, 1.82) is 0 Å². The molecule has 4 rings (SSSR count). The first kappa shape index (κ1) is 26.9. The van der Waals surface area contributed by atoms with Gasteiger partial charge in [-0.15, -0.1) is 0 Å². The van der Waals surface area contributed by atoms with Gasteiger partial charge in [0.25, 0.3) is 0 Å². The lowest BCUT2D eigenvalue weighted by molar-refractivity contribution is -0.179. The fourth-order valence-electron chi connectivity index (χ4n) is 4.40. The van der Waals surface area contributed by atoms with Crippen molar-refractivity contribution in [3.63, 3.8) is 0 Å². The van der Waals surface area contributed by atoms with E-state index in [2.05, 4.69) is 0 Å². The predicted octanol–water partition coefficient (Wildman–Crippen LogP) is 0.647. The van der Waals surface area contributed by atoms with Crippen LogP contribution in [0, 0.1) is 5.92 Å². The van der Waals surface area contributed by atoms with Crippen LogP contribution >= 0.6 is 0 Å². The molecule has 1 fully saturated rings. The molecule has 4 atom stereocenters. The van der Waals surface area contributed by atoms with E-state index in [1.807, 2.05) is 0 Å². The number of anilines is 1. The highest BCUT2D eigenvalue weighted by atomic mass is 16.6. The van der Waals surface area contributed by atoms with Crippen molar-refractivity contribution >= 4 is 40.5 Å². The minimum absolute atomic E-state index is 0.0780. The molecule has 3 aromatic rings. The molecule has 0 spiro atoms. The van der Waals surface area contributed by atoms with Gasteiger partial charge in [-0.05, 0) is 37.3 Å². The fraction of sp³-hybridized carbons (Fsp3) is 0.308. The summed E-state index contributed by atoms with van der Waals surface area (Å²) < 4.78 is 11.4. The SMILES string of the molecule is CCN(C(=O)[C@H]1CO[C@H](CO)[C@@H](O)[C@@H]1O)c1cn(C(=O)OC(=O)c2ccccc2)c2cc(C(N)=O)ccc12. The van der Waals surface area contributed by atoms with Crippen molar-refractivity contribution in [2.24, 2.45) is 11.7 Å². The van der Waals surface area contributed by atoms with Crippen LogP contribution in [0.3, 0.4) is 0 Å². The van der Waals surface area contributed by atoms with Crippen molar-refractivity contribution in [2.75, 3.05) is 24.7 Å². The molecule has 1 aliphatic heterocycles. The van der Waals surface area contributed by atoms with Crippen LogP contribution in [0.4, 0.5) is 10.5 Å². The van der Waals surface area contributed by atoms with Gasteiger partial charge in [-0.1, -0.05) is 18.2 Å². The molecule has 200 valence electrons. The summed E-state index contributed by atoms with van der Waals surface area (Å²) in [5.41, 5.74) is 6.00. The number of nitrogens with zero attached hydrogens (tertiary/aromatic N) is 2. The lowest BCUT2D eigenvalue weighted by Crippen LogP contribution is -2.56. The average molecular weight is 526 g/mol. The van der Waals surface area contributed by atoms with Gasteiger partial charge in [0.2, 0.25) is 11.8 Å². The summed E-state index contributed by atoms with van der Waals surface area (Å²) in [7, 11) is 0. The number of fused-ring (bicyclic) bond motifs is 1. The molecule has 0 radical (unpaired) electrons. The molecule has 0 saturated carbocycles. The highest BCUT2D eigenvalue weighted by Gasteiger charge is 2.43. The quantitative estimate of drug-likeness (QED) is 0.265. The number of nitrogens with two attached hydrogens (primary N) is 1. The van der Waals surface area contributed by atoms with E-state index < -0.39 is 54.7 Å². The zero-order chi connectivity index (χ0) is 27.6. The van der Waals surface area contributed by atoms with E-state index in [1.165, 1.54) is 41.4 Å². The van der Waals surface area contributed by atoms with E-state index in [-0.39, 0.29) is 35.5 Å². The van der Waals surface area contributed by atoms with Gasteiger partial charge < -0.3 is 35.4 Å². The van der Waals surface area contributed by atoms with Gasteiger partial charge >= 0.3 is 12.1 Å². The molecule has 12 nitrogen and oxygen atoms in total. The third-order valence-electron chi connectivity index (χ3n) is 6.46. The molecule has 38 heavy (non-hydrogen) atoms. The second kappa shape index (κ2) is 11.1. The molecule has 1 saturated heterocycles. The lowest BCUT2D eigenvalue weighted by Gasteiger charge is -2.38. The molecule has 0 unspecified atom stereocenters. The molecule has 5 N–H and O–H groups in total. The Hall–Kier alpha value is -4.10. The van der Waals surface area contributed by atoms with E-state index in [0.717, 1.165) is 4.57 Å². The molecule has 1 aromatic heterocycles. The monoisotopic (exact) mass is 525 g/mol. The van der Waals surface area contributed by atoms with Crippen molar-refractivity contribution in [3.05, 3.63) is 65.9 Å². The van der Waals surface area contributed by atoms with Gasteiger partial charge in [0.1, 0.15) is 12.2 Å². The number of carbonyl (C=O) groups is 4. The van der Waals surface area contributed by atoms with Crippen LogP contribution in [-0.4, -0.2) is 81.8 Å². The van der Waals surface area contributed by atoms with Crippen LogP contribution in [0.5, 0.6) is 0 Å². The smallest absolute Gasteiger partial charge is 0.394 e. The van der Waals surface area contributed by atoms with Crippen molar-refractivity contribution in [2.45, 2.75) is 25.2 Å². The molecular formula is C26H27N3O9. The Kier molecular flexibility index (Phi) is 7.88. The van der Waals surface area contributed by atoms with Gasteiger partial charge in [-0.25, -0.2) is 14.2 Å². The summed E-state index contributed by atoms with van der Waals surface area (Å²) >= 11 is 0. The van der Waals surface area contributed by atoms with E-state index in [1.54, 1.807) is 25.1 Å². The standard InChI is InChI=1S/C26H27N3O9/c1-2-28(24(34)17-13-37-20(12-30)22(32)21(17)31)19-11-29(18-10-15(23(27)33)8-9-16(18)19)26(36)38-25(35)14-6-4-3-5-7-14/h3-11,17,20-22,30-32H,2,12-13H2,1H3,(H2,27,33)/t17-,20+,21+,22+/m0/s1. The molecular weight excluding hydrogens is 498 g/mol. The summed E-state index contributed by atoms with van der Waals surface area (Å²) in [5, 5.41) is 30.5. The van der Waals surface area contributed by atoms with Gasteiger partial charge in [0, 0.05) is 23.7 Å². The lowest BCUT2D eigenvalue weighted by atomic mass is 9.91. The molecule has 1 aliphatic rings. The largest absolute Gasteiger partial charge is 0.426 e.